The highest BCUT2D eigenvalue weighted by atomic mass is 32.2. The van der Waals surface area contributed by atoms with Crippen molar-refractivity contribution in [2.24, 2.45) is 10.9 Å². The molecule has 7 nitrogen and oxygen atoms in total. The van der Waals surface area contributed by atoms with Crippen molar-refractivity contribution in [1.82, 2.24) is 14.9 Å². The monoisotopic (exact) mass is 295 g/mol. The summed E-state index contributed by atoms with van der Waals surface area (Å²) in [6, 6.07) is 0. The number of nitrogens with zero attached hydrogens (tertiary/aromatic N) is 4. The van der Waals surface area contributed by atoms with Crippen LogP contribution < -0.4 is 5.73 Å². The van der Waals surface area contributed by atoms with Gasteiger partial charge < -0.3 is 15.8 Å². The highest BCUT2D eigenvalue weighted by Gasteiger charge is 2.39. The number of piperidine rings is 1. The van der Waals surface area contributed by atoms with Crippen molar-refractivity contribution in [3.05, 3.63) is 24.3 Å². The zero-order valence-corrected chi connectivity index (χ0v) is 12.0. The average molecular weight is 295 g/mol. The SMILES string of the molecule is CSC1(C(N)=NO)CCN(C(=O)c2cnccn2)CC1. The largest absolute Gasteiger partial charge is 0.409 e. The first-order valence-electron chi connectivity index (χ1n) is 6.21. The number of carbonyl (C=O) groups excluding carboxylic acids is 1. The number of hydrogen-bond donors (Lipinski definition) is 2. The second-order valence-corrected chi connectivity index (χ2v) is 5.76. The lowest BCUT2D eigenvalue weighted by Crippen LogP contribution is -2.51. The third kappa shape index (κ3) is 2.69. The van der Waals surface area contributed by atoms with Crippen molar-refractivity contribution in [2.75, 3.05) is 19.3 Å². The summed E-state index contributed by atoms with van der Waals surface area (Å²) >= 11 is 1.55. The molecule has 1 amide bonds. The maximum absolute atomic E-state index is 12.2. The van der Waals surface area contributed by atoms with Gasteiger partial charge in [0.2, 0.25) is 0 Å². The first-order valence-corrected chi connectivity index (χ1v) is 7.44. The van der Waals surface area contributed by atoms with Crippen LogP contribution in [0.5, 0.6) is 0 Å². The third-order valence-corrected chi connectivity index (χ3v) is 5.00. The van der Waals surface area contributed by atoms with Crippen LogP contribution in [0, 0.1) is 0 Å². The van der Waals surface area contributed by atoms with E-state index in [0.717, 1.165) is 0 Å². The molecular formula is C12H17N5O2S. The predicted octanol–water partition coefficient (Wildman–Crippen LogP) is 0.561. The molecule has 0 atom stereocenters. The molecule has 108 valence electrons. The lowest BCUT2D eigenvalue weighted by atomic mass is 9.94. The van der Waals surface area contributed by atoms with E-state index in [4.69, 9.17) is 10.9 Å². The van der Waals surface area contributed by atoms with E-state index in [1.54, 1.807) is 16.7 Å². The summed E-state index contributed by atoms with van der Waals surface area (Å²) in [6.45, 7) is 1.10. The Morgan fingerprint density at radius 2 is 2.20 bits per heavy atom. The number of carbonyl (C=O) groups is 1. The van der Waals surface area contributed by atoms with Crippen LogP contribution in [0.2, 0.25) is 0 Å². The van der Waals surface area contributed by atoms with Gasteiger partial charge in [0.25, 0.3) is 5.91 Å². The minimum Gasteiger partial charge on any atom is -0.409 e. The molecular weight excluding hydrogens is 278 g/mol. The summed E-state index contributed by atoms with van der Waals surface area (Å²) < 4.78 is -0.395. The zero-order valence-electron chi connectivity index (χ0n) is 11.2. The van der Waals surface area contributed by atoms with E-state index in [1.807, 2.05) is 6.26 Å². The van der Waals surface area contributed by atoms with Crippen molar-refractivity contribution in [2.45, 2.75) is 17.6 Å². The Hall–Kier alpha value is -1.83. The van der Waals surface area contributed by atoms with Gasteiger partial charge in [0.1, 0.15) is 5.69 Å². The molecule has 1 aromatic rings. The van der Waals surface area contributed by atoms with E-state index in [9.17, 15) is 4.79 Å². The van der Waals surface area contributed by atoms with E-state index in [2.05, 4.69) is 15.1 Å². The van der Waals surface area contributed by atoms with Crippen molar-refractivity contribution in [3.8, 4) is 0 Å². The Morgan fingerprint density at radius 3 is 2.70 bits per heavy atom. The zero-order chi connectivity index (χ0) is 14.6. The fourth-order valence-corrected chi connectivity index (χ4v) is 3.14. The smallest absolute Gasteiger partial charge is 0.274 e. The number of amidine groups is 1. The minimum absolute atomic E-state index is 0.132. The molecule has 0 unspecified atom stereocenters. The average Bonchev–Trinajstić information content (AvgIpc) is 2.54. The highest BCUT2D eigenvalue weighted by Crippen LogP contribution is 2.35. The maximum Gasteiger partial charge on any atom is 0.274 e. The van der Waals surface area contributed by atoms with Crippen molar-refractivity contribution in [3.63, 3.8) is 0 Å². The molecule has 8 heteroatoms. The van der Waals surface area contributed by atoms with Gasteiger partial charge in [0.15, 0.2) is 5.84 Å². The van der Waals surface area contributed by atoms with Crippen LogP contribution in [-0.4, -0.2) is 55.9 Å². The van der Waals surface area contributed by atoms with Gasteiger partial charge in [-0.25, -0.2) is 4.98 Å². The second kappa shape index (κ2) is 6.08. The van der Waals surface area contributed by atoms with Gasteiger partial charge in [-0.2, -0.15) is 11.8 Å². The van der Waals surface area contributed by atoms with Crippen LogP contribution in [0.3, 0.4) is 0 Å². The summed E-state index contributed by atoms with van der Waals surface area (Å²) in [4.78, 5) is 21.9. The van der Waals surface area contributed by atoms with E-state index in [1.165, 1.54) is 18.6 Å². The molecule has 0 radical (unpaired) electrons. The molecule has 0 spiro atoms. The quantitative estimate of drug-likeness (QED) is 0.365. The summed E-state index contributed by atoms with van der Waals surface area (Å²) in [5.41, 5.74) is 6.12. The van der Waals surface area contributed by atoms with Crippen molar-refractivity contribution < 1.29 is 10.0 Å². The third-order valence-electron chi connectivity index (χ3n) is 3.61. The van der Waals surface area contributed by atoms with Crippen LogP contribution in [0.4, 0.5) is 0 Å². The number of likely N-dealkylation sites (tertiary alicyclic amines) is 1. The molecule has 0 aromatic carbocycles. The number of oxime groups is 1. The van der Waals surface area contributed by atoms with Crippen molar-refractivity contribution >= 4 is 23.5 Å². The fraction of sp³-hybridized carbons (Fsp3) is 0.500. The minimum atomic E-state index is -0.395. The van der Waals surface area contributed by atoms with Crippen LogP contribution in [0.25, 0.3) is 0 Å². The van der Waals surface area contributed by atoms with Crippen molar-refractivity contribution in [1.29, 1.82) is 0 Å². The summed E-state index contributed by atoms with van der Waals surface area (Å²) in [5, 5.41) is 12.0. The molecule has 0 aliphatic carbocycles. The predicted molar refractivity (Wildman–Crippen MR) is 76.8 cm³/mol. The standard InChI is InChI=1S/C12H17N5O2S/c1-20-12(11(13)16-19)2-6-17(7-3-12)10(18)9-8-14-4-5-15-9/h4-5,8,19H,2-3,6-7H2,1H3,(H2,13,16). The molecule has 1 saturated heterocycles. The lowest BCUT2D eigenvalue weighted by molar-refractivity contribution is 0.0711. The van der Waals surface area contributed by atoms with E-state index >= 15 is 0 Å². The van der Waals surface area contributed by atoms with Gasteiger partial charge in [-0.05, 0) is 19.1 Å². The summed E-state index contributed by atoms with van der Waals surface area (Å²) in [6.07, 6.45) is 7.72. The van der Waals surface area contributed by atoms with Crippen LogP contribution in [-0.2, 0) is 0 Å². The van der Waals surface area contributed by atoms with Crippen LogP contribution >= 0.6 is 11.8 Å². The van der Waals surface area contributed by atoms with Gasteiger partial charge in [0.05, 0.1) is 10.9 Å². The van der Waals surface area contributed by atoms with E-state index < -0.39 is 4.75 Å². The number of rotatable bonds is 3. The van der Waals surface area contributed by atoms with E-state index in [-0.39, 0.29) is 11.7 Å². The van der Waals surface area contributed by atoms with Gasteiger partial charge in [-0.3, -0.25) is 9.78 Å². The molecule has 2 rings (SSSR count). The first-order chi connectivity index (χ1) is 9.63. The van der Waals surface area contributed by atoms with Gasteiger partial charge in [0, 0.05) is 25.5 Å². The highest BCUT2D eigenvalue weighted by molar-refractivity contribution is 8.00. The normalized spacial score (nSPS) is 18.9. The number of nitrogens with two attached hydrogens (primary N) is 1. The van der Waals surface area contributed by atoms with Crippen LogP contribution in [0.15, 0.2) is 23.7 Å². The second-order valence-electron chi connectivity index (χ2n) is 4.57. The van der Waals surface area contributed by atoms with Gasteiger partial charge in [-0.15, -0.1) is 0 Å². The first kappa shape index (κ1) is 14.6. The molecule has 1 aliphatic rings. The molecule has 0 saturated carbocycles. The van der Waals surface area contributed by atoms with Crippen LogP contribution in [0.1, 0.15) is 23.3 Å². The van der Waals surface area contributed by atoms with E-state index in [0.29, 0.717) is 31.6 Å². The molecule has 1 fully saturated rings. The Labute approximate surface area is 121 Å². The molecule has 1 aliphatic heterocycles. The van der Waals surface area contributed by atoms with Gasteiger partial charge in [-0.1, -0.05) is 5.16 Å². The number of amides is 1. The molecule has 2 heterocycles. The number of hydrogen-bond acceptors (Lipinski definition) is 6. The maximum atomic E-state index is 12.2. The van der Waals surface area contributed by atoms with Gasteiger partial charge >= 0.3 is 0 Å². The summed E-state index contributed by atoms with van der Waals surface area (Å²) in [7, 11) is 0. The molecule has 20 heavy (non-hydrogen) atoms. The molecule has 1 aromatic heterocycles. The topological polar surface area (TPSA) is 105 Å². The Morgan fingerprint density at radius 1 is 1.50 bits per heavy atom. The Balaban J connectivity index is 2.06. The molecule has 3 N–H and O–H groups in total. The molecule has 0 bridgehead atoms. The number of thioether (sulfide) groups is 1. The Kier molecular flexibility index (Phi) is 4.43. The summed E-state index contributed by atoms with van der Waals surface area (Å²) in [5.74, 6) is 0.0870. The fourth-order valence-electron chi connectivity index (χ4n) is 2.30. The Bertz CT molecular complexity index is 500. The number of aromatic nitrogens is 2. The lowest BCUT2D eigenvalue weighted by Gasteiger charge is -2.39.